The number of hydrogen-bond acceptors (Lipinski definition) is 1. The summed E-state index contributed by atoms with van der Waals surface area (Å²) in [7, 11) is 0.527. The zero-order valence-corrected chi connectivity index (χ0v) is 15.7. The van der Waals surface area contributed by atoms with Crippen molar-refractivity contribution in [3.05, 3.63) is 11.5 Å². The van der Waals surface area contributed by atoms with Crippen LogP contribution < -0.4 is 12.4 Å². The molecule has 21 heavy (non-hydrogen) atoms. The summed E-state index contributed by atoms with van der Waals surface area (Å²) in [4.78, 5) is 0. The summed E-state index contributed by atoms with van der Waals surface area (Å²) in [5.74, 6) is 3.49. The fourth-order valence-corrected chi connectivity index (χ4v) is 4.38. The van der Waals surface area contributed by atoms with E-state index in [2.05, 4.69) is 25.3 Å². The summed E-state index contributed by atoms with van der Waals surface area (Å²) in [5, 5.41) is 2.42. The minimum absolute atomic E-state index is 0. The summed E-state index contributed by atoms with van der Waals surface area (Å²) >= 11 is 0. The molecule has 1 rings (SSSR count). The maximum Gasteiger partial charge on any atom is 0.136 e. The first-order valence-corrected chi connectivity index (χ1v) is 10.4. The average molecular weight is 335 g/mol. The van der Waals surface area contributed by atoms with Crippen LogP contribution in [0.5, 0.6) is 0 Å². The number of hydrogen-bond donors (Lipinski definition) is 0. The molecular weight excluding hydrogens is 300 g/mol. The summed E-state index contributed by atoms with van der Waals surface area (Å²) < 4.78 is 5.82. The molecular formula is C18H35ClOS. The molecule has 2 unspecified atom stereocenters. The van der Waals surface area contributed by atoms with Gasteiger partial charge < -0.3 is 17.1 Å². The lowest BCUT2D eigenvalue weighted by Gasteiger charge is -2.12. The third-order valence-corrected chi connectivity index (χ3v) is 6.19. The smallest absolute Gasteiger partial charge is 0.136 e. The minimum atomic E-state index is 0. The topological polar surface area (TPSA) is 9.23 Å². The zero-order valence-electron chi connectivity index (χ0n) is 14.1. The van der Waals surface area contributed by atoms with E-state index in [9.17, 15) is 0 Å². The Morgan fingerprint density at radius 1 is 1.10 bits per heavy atom. The summed E-state index contributed by atoms with van der Waals surface area (Å²) in [6.45, 7) is 6.60. The Morgan fingerprint density at radius 3 is 2.62 bits per heavy atom. The highest BCUT2D eigenvalue weighted by Crippen LogP contribution is 2.15. The van der Waals surface area contributed by atoms with Crippen LogP contribution in [0, 0.1) is 5.92 Å². The molecule has 0 aromatic carbocycles. The third kappa shape index (κ3) is 12.6. The fourth-order valence-electron chi connectivity index (χ4n) is 2.62. The second-order valence-corrected chi connectivity index (χ2v) is 8.33. The molecule has 0 fully saturated rings. The van der Waals surface area contributed by atoms with Gasteiger partial charge in [-0.25, -0.2) is 0 Å². The maximum atomic E-state index is 5.82. The number of rotatable bonds is 12. The van der Waals surface area contributed by atoms with Gasteiger partial charge in [-0.1, -0.05) is 52.4 Å². The summed E-state index contributed by atoms with van der Waals surface area (Å²) in [6.07, 6.45) is 14.7. The van der Waals surface area contributed by atoms with Crippen molar-refractivity contribution in [2.45, 2.75) is 71.6 Å². The van der Waals surface area contributed by atoms with Gasteiger partial charge in [0.05, 0.1) is 6.61 Å². The van der Waals surface area contributed by atoms with Crippen LogP contribution in [0.3, 0.4) is 0 Å². The van der Waals surface area contributed by atoms with Crippen LogP contribution >= 0.6 is 0 Å². The molecule has 126 valence electrons. The molecule has 1 heterocycles. The number of halogens is 1. The van der Waals surface area contributed by atoms with Crippen molar-refractivity contribution in [3.8, 4) is 0 Å². The molecule has 2 atom stereocenters. The first-order chi connectivity index (χ1) is 9.83. The molecule has 1 nitrogen and oxygen atoms in total. The van der Waals surface area contributed by atoms with Crippen molar-refractivity contribution in [2.75, 3.05) is 24.7 Å². The van der Waals surface area contributed by atoms with E-state index < -0.39 is 0 Å². The number of allylic oxidation sites excluding steroid dienone is 1. The van der Waals surface area contributed by atoms with E-state index in [0.29, 0.717) is 10.9 Å². The first-order valence-electron chi connectivity index (χ1n) is 8.73. The molecule has 0 saturated carbocycles. The minimum Gasteiger partial charge on any atom is -1.00 e. The molecule has 0 aromatic rings. The van der Waals surface area contributed by atoms with E-state index in [0.717, 1.165) is 19.1 Å². The molecule has 0 radical (unpaired) electrons. The number of unbranched alkanes of at least 4 members (excludes halogenated alkanes) is 4. The number of ether oxygens (including phenoxy) is 1. The highest BCUT2D eigenvalue weighted by molar-refractivity contribution is 7.99. The average Bonchev–Trinajstić information content (AvgIpc) is 2.48. The van der Waals surface area contributed by atoms with Gasteiger partial charge in [0.25, 0.3) is 0 Å². The second kappa shape index (κ2) is 15.2. The quantitative estimate of drug-likeness (QED) is 0.393. The Hall–Kier alpha value is 0.340. The van der Waals surface area contributed by atoms with Gasteiger partial charge in [-0.3, -0.25) is 0 Å². The molecule has 0 saturated heterocycles. The predicted octanol–water partition coefficient (Wildman–Crippen LogP) is 2.32. The molecule has 0 spiro atoms. The van der Waals surface area contributed by atoms with Crippen LogP contribution in [0.15, 0.2) is 11.5 Å². The Balaban J connectivity index is 0.00000400. The van der Waals surface area contributed by atoms with Gasteiger partial charge in [0.2, 0.25) is 0 Å². The molecule has 0 N–H and O–H groups in total. The van der Waals surface area contributed by atoms with Gasteiger partial charge in [0.15, 0.2) is 0 Å². The lowest BCUT2D eigenvalue weighted by atomic mass is 10.00. The van der Waals surface area contributed by atoms with Crippen LogP contribution in [0.25, 0.3) is 0 Å². The Kier molecular flexibility index (Phi) is 15.5. The molecule has 0 aliphatic carbocycles. The second-order valence-electron chi connectivity index (χ2n) is 6.17. The van der Waals surface area contributed by atoms with Crippen molar-refractivity contribution in [1.29, 1.82) is 0 Å². The van der Waals surface area contributed by atoms with Crippen LogP contribution in [-0.2, 0) is 15.6 Å². The molecule has 0 bridgehead atoms. The lowest BCUT2D eigenvalue weighted by molar-refractivity contribution is -0.00000540. The van der Waals surface area contributed by atoms with Gasteiger partial charge in [-0.15, -0.1) is 0 Å². The molecule has 1 aliphatic rings. The third-order valence-electron chi connectivity index (χ3n) is 4.11. The van der Waals surface area contributed by atoms with E-state index >= 15 is 0 Å². The van der Waals surface area contributed by atoms with Crippen molar-refractivity contribution in [3.63, 3.8) is 0 Å². The van der Waals surface area contributed by atoms with Crippen molar-refractivity contribution in [2.24, 2.45) is 5.92 Å². The summed E-state index contributed by atoms with van der Waals surface area (Å²) in [5.41, 5.74) is 0. The van der Waals surface area contributed by atoms with Crippen molar-refractivity contribution >= 4 is 10.9 Å². The van der Waals surface area contributed by atoms with Gasteiger partial charge in [-0.05, 0) is 31.3 Å². The molecule has 1 aliphatic heterocycles. The van der Waals surface area contributed by atoms with E-state index in [1.165, 1.54) is 69.3 Å². The lowest BCUT2D eigenvalue weighted by Crippen LogP contribution is -3.00. The zero-order chi connectivity index (χ0) is 14.5. The van der Waals surface area contributed by atoms with Gasteiger partial charge in [0, 0.05) is 17.5 Å². The fraction of sp³-hybridized carbons (Fsp3) is 0.889. The van der Waals surface area contributed by atoms with Crippen LogP contribution in [-0.4, -0.2) is 24.7 Å². The Bertz CT molecular complexity index is 245. The maximum absolute atomic E-state index is 5.82. The standard InChI is InChI=1S/C18H35OS.ClH/c1-3-4-5-6-8-11-18(2)12-13-19-14-17-20-15-9-7-10-16-20;/h9,15,18H,3-8,10-14,16-17H2,1-2H3;1H/q+1;/p-1. The highest BCUT2D eigenvalue weighted by atomic mass is 35.5. The van der Waals surface area contributed by atoms with Crippen LogP contribution in [0.1, 0.15) is 71.6 Å². The largest absolute Gasteiger partial charge is 1.00 e. The molecule has 0 aromatic heterocycles. The van der Waals surface area contributed by atoms with Gasteiger partial charge in [-0.2, -0.15) is 0 Å². The first kappa shape index (κ1) is 21.3. The summed E-state index contributed by atoms with van der Waals surface area (Å²) in [6, 6.07) is 0. The Morgan fingerprint density at radius 2 is 1.90 bits per heavy atom. The van der Waals surface area contributed by atoms with Gasteiger partial charge in [0.1, 0.15) is 16.9 Å². The predicted molar refractivity (Wildman–Crippen MR) is 93.4 cm³/mol. The molecule has 0 amide bonds. The van der Waals surface area contributed by atoms with E-state index in [1.807, 2.05) is 0 Å². The Labute approximate surface area is 142 Å². The van der Waals surface area contributed by atoms with E-state index in [-0.39, 0.29) is 12.4 Å². The van der Waals surface area contributed by atoms with Crippen LogP contribution in [0.2, 0.25) is 0 Å². The van der Waals surface area contributed by atoms with Gasteiger partial charge >= 0.3 is 0 Å². The molecule has 3 heteroatoms. The normalized spacial score (nSPS) is 19.2. The van der Waals surface area contributed by atoms with E-state index in [4.69, 9.17) is 4.74 Å². The highest BCUT2D eigenvalue weighted by Gasteiger charge is 2.16. The van der Waals surface area contributed by atoms with Crippen molar-refractivity contribution in [1.82, 2.24) is 0 Å². The van der Waals surface area contributed by atoms with Crippen molar-refractivity contribution < 1.29 is 17.1 Å². The van der Waals surface area contributed by atoms with E-state index in [1.54, 1.807) is 0 Å². The van der Waals surface area contributed by atoms with Crippen LogP contribution in [0.4, 0.5) is 0 Å². The monoisotopic (exact) mass is 334 g/mol. The SMILES string of the molecule is CCCCCCCC(C)CCOCC[S+]1C=CCCC1.[Cl-].